The van der Waals surface area contributed by atoms with E-state index in [1.807, 2.05) is 74.2 Å². The SMILES string of the molecule is C.CC.CC.CC.CC.CC.CC(=O)/C(=C\C=O)n1ccnc1.CC(=O)/C=C\C(O)n1ccnc1.CC(=O)/C=C\C=O.CC(=O)CC(C=O)n1ccnc1.CC(O)(/C=C\C=O)n1ccnc1.CI.[V].c1c[nH]cn1. The van der Waals surface area contributed by atoms with Crippen LogP contribution in [0.25, 0.3) is 5.70 Å². The summed E-state index contributed by atoms with van der Waals surface area (Å²) < 4.78 is 6.09. The van der Waals surface area contributed by atoms with Gasteiger partial charge in [-0.25, -0.2) is 24.9 Å². The number of H-pyrrole nitrogens is 1. The third-order valence-electron chi connectivity index (χ3n) is 6.60. The number of nitrogens with zero attached hydrogens (tertiary/aromatic N) is 9. The molecule has 0 bridgehead atoms. The van der Waals surface area contributed by atoms with Gasteiger partial charge in [0.25, 0.3) is 0 Å². The minimum Gasteiger partial charge on any atom is -0.370 e. The van der Waals surface area contributed by atoms with Gasteiger partial charge in [-0.05, 0) is 69.1 Å². The Morgan fingerprint density at radius 1 is 0.649 bits per heavy atom. The summed E-state index contributed by atoms with van der Waals surface area (Å²) in [4.78, 5) is 106. The number of allylic oxidation sites excluding steroid dienone is 6. The van der Waals surface area contributed by atoms with E-state index in [2.05, 4.69) is 52.5 Å². The number of carbonyl (C=O) groups is 8. The van der Waals surface area contributed by atoms with Gasteiger partial charge in [0.15, 0.2) is 29.3 Å². The number of hydrogen-bond acceptors (Lipinski definition) is 15. The molecule has 0 aliphatic carbocycles. The number of hydrogen-bond donors (Lipinski definition) is 3. The molecule has 3 unspecified atom stereocenters. The molecule has 5 aromatic rings. The number of Topliss-reactive ketones (excluding diaryl/α,β-unsaturated/α-hetero) is 2. The van der Waals surface area contributed by atoms with E-state index in [0.29, 0.717) is 24.6 Å². The van der Waals surface area contributed by atoms with Gasteiger partial charge < -0.3 is 38.3 Å². The number of rotatable bonds is 15. The van der Waals surface area contributed by atoms with Crippen molar-refractivity contribution < 1.29 is 67.1 Å². The van der Waals surface area contributed by atoms with E-state index < -0.39 is 18.0 Å². The number of alkyl halides is 1. The molecule has 0 saturated heterocycles. The van der Waals surface area contributed by atoms with Crippen LogP contribution in [-0.2, 0) is 62.6 Å². The van der Waals surface area contributed by atoms with Gasteiger partial charge in [0, 0.05) is 99.9 Å². The van der Waals surface area contributed by atoms with Crippen molar-refractivity contribution in [3.05, 3.63) is 136 Å². The van der Waals surface area contributed by atoms with Gasteiger partial charge in [-0.3, -0.25) is 33.6 Å². The largest absolute Gasteiger partial charge is 0.370 e. The van der Waals surface area contributed by atoms with Crippen molar-refractivity contribution in [2.45, 2.75) is 136 Å². The van der Waals surface area contributed by atoms with Gasteiger partial charge in [0.2, 0.25) is 0 Å². The maximum atomic E-state index is 11.0. The monoisotopic (exact) mass is 1190 g/mol. The van der Waals surface area contributed by atoms with E-state index in [0.717, 1.165) is 6.29 Å². The zero-order chi connectivity index (χ0) is 57.2. The number of imidazole rings is 5. The molecule has 0 saturated carbocycles. The minimum absolute atomic E-state index is 0. The molecule has 5 rings (SSSR count). The van der Waals surface area contributed by atoms with E-state index in [4.69, 9.17) is 0 Å². The Balaban J connectivity index is -0.0000000947. The fourth-order valence-corrected chi connectivity index (χ4v) is 3.81. The molecule has 0 amide bonds. The Kier molecular flexibility index (Phi) is 78.6. The average Bonchev–Trinajstić information content (AvgIpc) is 4.27. The fraction of sp³-hybridized carbons (Fsp3) is 0.404. The van der Waals surface area contributed by atoms with Crippen LogP contribution in [0.15, 0.2) is 136 Å². The molecule has 0 aromatic carbocycles. The fourth-order valence-electron chi connectivity index (χ4n) is 3.81. The number of ketones is 4. The van der Waals surface area contributed by atoms with E-state index in [1.54, 1.807) is 79.8 Å². The second-order valence-electron chi connectivity index (χ2n) is 11.7. The van der Waals surface area contributed by atoms with Crippen LogP contribution in [0.3, 0.4) is 0 Å². The van der Waals surface area contributed by atoms with Gasteiger partial charge >= 0.3 is 0 Å². The summed E-state index contributed by atoms with van der Waals surface area (Å²) in [5, 5.41) is 19.0. The van der Waals surface area contributed by atoms with E-state index in [1.165, 1.54) is 109 Å². The third-order valence-corrected chi connectivity index (χ3v) is 6.60. The first-order valence-electron chi connectivity index (χ1n) is 22.8. The van der Waals surface area contributed by atoms with Crippen LogP contribution in [0.2, 0.25) is 0 Å². The molecule has 20 nitrogen and oxygen atoms in total. The van der Waals surface area contributed by atoms with Crippen molar-refractivity contribution in [3.8, 4) is 0 Å². The number of aliphatic hydroxyl groups is 2. The molecule has 0 fully saturated rings. The second kappa shape index (κ2) is 66.6. The van der Waals surface area contributed by atoms with Crippen LogP contribution < -0.4 is 0 Å². The average molecular weight is 1190 g/mol. The van der Waals surface area contributed by atoms with Gasteiger partial charge in [0.05, 0.1) is 43.4 Å². The van der Waals surface area contributed by atoms with Crippen LogP contribution in [0.1, 0.15) is 130 Å². The van der Waals surface area contributed by atoms with Crippen molar-refractivity contribution in [1.29, 1.82) is 0 Å². The van der Waals surface area contributed by atoms with Crippen LogP contribution in [0, 0.1) is 0 Å². The predicted octanol–water partition coefficient (Wildman–Crippen LogP) is 9.49. The van der Waals surface area contributed by atoms with E-state index in [-0.39, 0.29) is 55.5 Å². The quantitative estimate of drug-likeness (QED) is 0.0381. The Morgan fingerprint density at radius 3 is 1.43 bits per heavy atom. The summed E-state index contributed by atoms with van der Waals surface area (Å²) in [6.45, 7) is 27.2. The maximum Gasteiger partial charge on any atom is 0.176 e. The predicted molar refractivity (Wildman–Crippen MR) is 300 cm³/mol. The zero-order valence-corrected chi connectivity index (χ0v) is 48.9. The molecule has 3 atom stereocenters. The van der Waals surface area contributed by atoms with E-state index in [9.17, 15) is 48.6 Å². The third kappa shape index (κ3) is 53.4. The smallest absolute Gasteiger partial charge is 0.176 e. The van der Waals surface area contributed by atoms with Crippen LogP contribution in [0.4, 0.5) is 0 Å². The Bertz CT molecular complexity index is 2070. The van der Waals surface area contributed by atoms with Gasteiger partial charge in [0.1, 0.15) is 30.9 Å². The summed E-state index contributed by atoms with van der Waals surface area (Å²) in [5.74, 6) is -0.359. The van der Waals surface area contributed by atoms with E-state index >= 15 is 0 Å². The first kappa shape index (κ1) is 87.3. The molecule has 74 heavy (non-hydrogen) atoms. The summed E-state index contributed by atoms with van der Waals surface area (Å²) in [7, 11) is 0. The van der Waals surface area contributed by atoms with Crippen LogP contribution in [0.5, 0.6) is 0 Å². The Morgan fingerprint density at radius 2 is 1.12 bits per heavy atom. The standard InChI is InChI=1S/C8H8N2O2.3C8H10N2O2.C5H6O2.C3H4N2.5C2H6.CH3I.CH4.V/c1-7(12)8(2-5-11)10-4-3-9-6-10;1-7(12)4-8(5-11)10-3-2-9-6-10;1-7(11)2-3-8(12)10-5-4-9-6-10;1-8(12,3-2-6-11)10-5-4-9-7-10;1-5(7)3-2-4-6;1-2-5-3-4-1;6*1-2;;/h2-6H,1H3;2-3,5-6,8H,4H2,1H3;2-6,8,12H,1H3;2-7,12H,1H3;2-4H,1H3;1-3H,(H,4,5);5*1-2H3;1H3;1H4;/b8-2+;;3*3-2-;;;;;;;;;. The molecule has 1 radical (unpaired) electrons. The topological polar surface area (TPSA) is 277 Å². The van der Waals surface area contributed by atoms with Crippen LogP contribution in [-0.4, -0.2) is 112 Å². The van der Waals surface area contributed by atoms with Gasteiger partial charge in [-0.1, -0.05) is 99.3 Å². The molecule has 0 aliphatic heterocycles. The Labute approximate surface area is 466 Å². The number of aldehydes is 4. The van der Waals surface area contributed by atoms with Crippen LogP contribution >= 0.6 is 22.6 Å². The molecule has 0 aliphatic rings. The van der Waals surface area contributed by atoms with Crippen molar-refractivity contribution in [2.75, 3.05) is 4.93 Å². The van der Waals surface area contributed by atoms with Crippen molar-refractivity contribution in [3.63, 3.8) is 0 Å². The number of carbonyl (C=O) groups excluding carboxylic acids is 8. The molecular formula is C52H85IN10O10V. The molecule has 22 heteroatoms. The molecule has 3 N–H and O–H groups in total. The number of nitrogens with one attached hydrogen (secondary N) is 1. The first-order valence-corrected chi connectivity index (χ1v) is 25.0. The second-order valence-corrected chi connectivity index (χ2v) is 11.7. The molecule has 415 valence electrons. The minimum atomic E-state index is -1.18. The molecule has 0 spiro atoms. The van der Waals surface area contributed by atoms with Crippen molar-refractivity contribution >= 4 is 76.6 Å². The molecule has 5 heterocycles. The van der Waals surface area contributed by atoms with Gasteiger partial charge in [-0.15, -0.1) is 0 Å². The zero-order valence-electron chi connectivity index (χ0n) is 45.4. The van der Waals surface area contributed by atoms with Crippen molar-refractivity contribution in [2.24, 2.45) is 0 Å². The summed E-state index contributed by atoms with van der Waals surface area (Å²) in [6, 6.07) is -0.398. The van der Waals surface area contributed by atoms with Gasteiger partial charge in [-0.2, -0.15) is 0 Å². The number of aromatic amines is 1. The number of aromatic nitrogens is 10. The number of aliphatic hydroxyl groups excluding tert-OH is 1. The maximum absolute atomic E-state index is 11.0. The summed E-state index contributed by atoms with van der Waals surface area (Å²) in [6.07, 6.45) is 34.7. The Hall–Kier alpha value is -6.40. The normalized spacial score (nSPS) is 10.6. The molecule has 5 aromatic heterocycles. The summed E-state index contributed by atoms with van der Waals surface area (Å²) >= 11 is 2.15. The first-order chi connectivity index (χ1) is 34.6. The van der Waals surface area contributed by atoms with Crippen molar-refractivity contribution in [1.82, 2.24) is 48.2 Å². The number of halogens is 1. The summed E-state index contributed by atoms with van der Waals surface area (Å²) in [5.41, 5.74) is -0.861. The molecular weight excluding hydrogens is 1100 g/mol.